The van der Waals surface area contributed by atoms with Gasteiger partial charge in [-0.1, -0.05) is 24.3 Å². The van der Waals surface area contributed by atoms with Crippen LogP contribution in [0.1, 0.15) is 28.4 Å². The Bertz CT molecular complexity index is 830. The van der Waals surface area contributed by atoms with Gasteiger partial charge in [0.2, 0.25) is 0 Å². The summed E-state index contributed by atoms with van der Waals surface area (Å²) in [5.74, 6) is -1.73. The van der Waals surface area contributed by atoms with Crippen molar-refractivity contribution in [1.29, 1.82) is 0 Å². The van der Waals surface area contributed by atoms with E-state index in [0.717, 1.165) is 12.1 Å². The first-order valence-electron chi connectivity index (χ1n) is 7.17. The quantitative estimate of drug-likeness (QED) is 0.633. The summed E-state index contributed by atoms with van der Waals surface area (Å²) >= 11 is 0. The molecular weight excluding hydrogens is 358 g/mol. The Morgan fingerprint density at radius 2 is 1.62 bits per heavy atom. The van der Waals surface area contributed by atoms with Crippen molar-refractivity contribution < 1.29 is 27.9 Å². The van der Waals surface area contributed by atoms with Gasteiger partial charge in [-0.2, -0.15) is 13.2 Å². The molecule has 8 heteroatoms. The zero-order valence-electron chi connectivity index (χ0n) is 13.1. The molecule has 0 saturated heterocycles. The molecule has 2 aromatic carbocycles. The molecule has 26 heavy (non-hydrogen) atoms. The zero-order valence-corrected chi connectivity index (χ0v) is 13.1. The predicted molar refractivity (Wildman–Crippen MR) is 94.3 cm³/mol. The number of carbonyl (C=O) groups excluding carboxylic acids is 1. The van der Waals surface area contributed by atoms with Crippen LogP contribution in [0.25, 0.3) is 6.08 Å². The zero-order chi connectivity index (χ0) is 18.6. The molecule has 0 radical (unpaired) electrons. The van der Waals surface area contributed by atoms with Gasteiger partial charge in [-0.05, 0) is 42.8 Å². The molecule has 0 aromatic heterocycles. The van der Waals surface area contributed by atoms with Crippen LogP contribution >= 0.6 is 0 Å². The van der Waals surface area contributed by atoms with E-state index in [1.54, 1.807) is 6.07 Å². The topological polar surface area (TPSA) is 66.4 Å². The summed E-state index contributed by atoms with van der Waals surface area (Å²) in [7, 11) is 0. The van der Waals surface area contributed by atoms with Crippen molar-refractivity contribution >= 4 is 53.2 Å². The fourth-order valence-electron chi connectivity index (χ4n) is 2.08. The third-order valence-corrected chi connectivity index (χ3v) is 3.39. The van der Waals surface area contributed by atoms with Gasteiger partial charge in [-0.25, -0.2) is 4.79 Å². The SMILES string of the molecule is C/C(=C\c1ccc(C(F)(F)F)cc1)C(=O)Nc1ccccc1C(=O)O.[NaH]. The van der Waals surface area contributed by atoms with Crippen molar-refractivity contribution in [2.24, 2.45) is 0 Å². The molecule has 2 rings (SSSR count). The van der Waals surface area contributed by atoms with Gasteiger partial charge in [0.15, 0.2) is 0 Å². The molecule has 0 aliphatic carbocycles. The van der Waals surface area contributed by atoms with E-state index in [1.165, 1.54) is 43.3 Å². The average Bonchev–Trinajstić information content (AvgIpc) is 2.54. The summed E-state index contributed by atoms with van der Waals surface area (Å²) in [6.45, 7) is 1.48. The van der Waals surface area contributed by atoms with Crippen molar-refractivity contribution in [3.05, 3.63) is 70.8 Å². The molecule has 0 spiro atoms. The first-order chi connectivity index (χ1) is 11.7. The van der Waals surface area contributed by atoms with E-state index in [4.69, 9.17) is 5.11 Å². The predicted octanol–water partition coefficient (Wildman–Crippen LogP) is 3.80. The van der Waals surface area contributed by atoms with E-state index in [2.05, 4.69) is 5.32 Å². The monoisotopic (exact) mass is 373 g/mol. The van der Waals surface area contributed by atoms with Gasteiger partial charge < -0.3 is 10.4 Å². The maximum absolute atomic E-state index is 12.5. The molecule has 0 fully saturated rings. The number of rotatable bonds is 4. The van der Waals surface area contributed by atoms with Crippen LogP contribution < -0.4 is 5.32 Å². The van der Waals surface area contributed by atoms with Gasteiger partial charge in [0.25, 0.3) is 5.91 Å². The van der Waals surface area contributed by atoms with Crippen molar-refractivity contribution in [3.63, 3.8) is 0 Å². The summed E-state index contributed by atoms with van der Waals surface area (Å²) in [6.07, 6.45) is -3.01. The van der Waals surface area contributed by atoms with Crippen LogP contribution in [0.15, 0.2) is 54.1 Å². The van der Waals surface area contributed by atoms with Crippen LogP contribution in [0, 0.1) is 0 Å². The van der Waals surface area contributed by atoms with Crippen LogP contribution in [0.4, 0.5) is 18.9 Å². The summed E-state index contributed by atoms with van der Waals surface area (Å²) in [4.78, 5) is 23.3. The molecule has 1 amide bonds. The fraction of sp³-hybridized carbons (Fsp3) is 0.111. The van der Waals surface area contributed by atoms with Crippen molar-refractivity contribution in [3.8, 4) is 0 Å². The number of hydrogen-bond donors (Lipinski definition) is 2. The molecule has 2 aromatic rings. The Hall–Kier alpha value is -2.09. The number of alkyl halides is 3. The van der Waals surface area contributed by atoms with Crippen LogP contribution in [-0.4, -0.2) is 46.5 Å². The van der Waals surface area contributed by atoms with Gasteiger partial charge in [0.1, 0.15) is 0 Å². The number of hydrogen-bond acceptors (Lipinski definition) is 2. The van der Waals surface area contributed by atoms with Gasteiger partial charge in [0, 0.05) is 5.57 Å². The number of amides is 1. The van der Waals surface area contributed by atoms with E-state index >= 15 is 0 Å². The first kappa shape index (κ1) is 22.0. The van der Waals surface area contributed by atoms with Crippen LogP contribution in [0.2, 0.25) is 0 Å². The van der Waals surface area contributed by atoms with Gasteiger partial charge in [0.05, 0.1) is 16.8 Å². The van der Waals surface area contributed by atoms with Crippen molar-refractivity contribution in [1.82, 2.24) is 0 Å². The molecule has 132 valence electrons. The summed E-state index contributed by atoms with van der Waals surface area (Å²) in [5.41, 5.74) is -0.0485. The summed E-state index contributed by atoms with van der Waals surface area (Å²) in [6, 6.07) is 10.3. The van der Waals surface area contributed by atoms with Crippen LogP contribution in [0.5, 0.6) is 0 Å². The first-order valence-corrected chi connectivity index (χ1v) is 7.17. The molecule has 0 unspecified atom stereocenters. The molecule has 0 atom stereocenters. The second kappa shape index (κ2) is 9.02. The Kier molecular flexibility index (Phi) is 7.62. The van der Waals surface area contributed by atoms with E-state index in [1.807, 2.05) is 0 Å². The number of nitrogens with one attached hydrogen (secondary N) is 1. The van der Waals surface area contributed by atoms with E-state index < -0.39 is 23.6 Å². The molecule has 4 nitrogen and oxygen atoms in total. The van der Waals surface area contributed by atoms with Crippen LogP contribution in [-0.2, 0) is 11.0 Å². The minimum atomic E-state index is -4.42. The number of carboxylic acid groups (broad SMARTS) is 1. The summed E-state index contributed by atoms with van der Waals surface area (Å²) in [5, 5.41) is 11.6. The Labute approximate surface area is 170 Å². The van der Waals surface area contributed by atoms with Gasteiger partial charge in [-0.3, -0.25) is 4.79 Å². The number of benzene rings is 2. The Balaban J connectivity index is 0.00000338. The molecule has 0 aliphatic heterocycles. The summed E-state index contributed by atoms with van der Waals surface area (Å²) < 4.78 is 37.6. The van der Waals surface area contributed by atoms with E-state index in [9.17, 15) is 22.8 Å². The third-order valence-electron chi connectivity index (χ3n) is 3.39. The number of anilines is 1. The van der Waals surface area contributed by atoms with Crippen LogP contribution in [0.3, 0.4) is 0 Å². The molecule has 2 N–H and O–H groups in total. The normalized spacial score (nSPS) is 11.5. The molecule has 0 heterocycles. The number of aromatic carboxylic acids is 1. The standard InChI is InChI=1S/C18H14F3NO3.Na.H/c1-11(10-12-6-8-13(9-7-12)18(19,20)21)16(23)22-15-5-3-2-4-14(15)17(24)25;;/h2-10H,1H3,(H,22,23)(H,24,25);;/b11-10+;;. The number of carboxylic acids is 1. The van der Waals surface area contributed by atoms with Gasteiger partial charge >= 0.3 is 41.7 Å². The fourth-order valence-corrected chi connectivity index (χ4v) is 2.08. The third kappa shape index (κ3) is 5.72. The van der Waals surface area contributed by atoms with E-state index in [-0.39, 0.29) is 46.4 Å². The second-order valence-electron chi connectivity index (χ2n) is 5.25. The van der Waals surface area contributed by atoms with Gasteiger partial charge in [-0.15, -0.1) is 0 Å². The molecular formula is C18H15F3NNaO3. The van der Waals surface area contributed by atoms with E-state index in [0.29, 0.717) is 5.56 Å². The Morgan fingerprint density at radius 1 is 1.04 bits per heavy atom. The molecule has 0 saturated carbocycles. The Morgan fingerprint density at radius 3 is 2.15 bits per heavy atom. The average molecular weight is 373 g/mol. The number of para-hydroxylation sites is 1. The molecule has 0 aliphatic rings. The second-order valence-corrected chi connectivity index (χ2v) is 5.25. The number of halogens is 3. The minimum absolute atomic E-state index is 0. The number of carbonyl (C=O) groups is 2. The van der Waals surface area contributed by atoms with Crippen molar-refractivity contribution in [2.75, 3.05) is 5.32 Å². The van der Waals surface area contributed by atoms with Crippen molar-refractivity contribution in [2.45, 2.75) is 13.1 Å². The maximum atomic E-state index is 12.5. The molecule has 0 bridgehead atoms.